The number of halogens is 1. The number of nitriles is 1. The van der Waals surface area contributed by atoms with Crippen molar-refractivity contribution in [3.8, 4) is 6.07 Å². The number of fused-ring (bicyclic) bond motifs is 1. The number of pyridine rings is 2. The third-order valence-electron chi connectivity index (χ3n) is 2.34. The Hall–Kier alpha value is -1.87. The van der Waals surface area contributed by atoms with Crippen LogP contribution in [0, 0.1) is 11.3 Å². The average molecular weight is 280 g/mol. The molecule has 0 bridgehead atoms. The van der Waals surface area contributed by atoms with Gasteiger partial charge in [0, 0.05) is 13.2 Å². The SMILES string of the molecule is Cn1c(=O)c(Br)cc2c(=O)[nH]cc(C#N)c21. The number of hydrogen-bond donors (Lipinski definition) is 1. The smallest absolute Gasteiger partial charge is 0.265 e. The second kappa shape index (κ2) is 3.61. The molecule has 2 heterocycles. The first-order valence-electron chi connectivity index (χ1n) is 4.37. The van der Waals surface area contributed by atoms with Crippen LogP contribution in [0.25, 0.3) is 10.9 Å². The van der Waals surface area contributed by atoms with E-state index in [0.717, 1.165) is 0 Å². The van der Waals surface area contributed by atoms with Gasteiger partial charge in [0.05, 0.1) is 20.9 Å². The van der Waals surface area contributed by atoms with Gasteiger partial charge in [-0.05, 0) is 22.0 Å². The first kappa shape index (κ1) is 10.6. The highest BCUT2D eigenvalue weighted by atomic mass is 79.9. The second-order valence-electron chi connectivity index (χ2n) is 3.26. The van der Waals surface area contributed by atoms with E-state index >= 15 is 0 Å². The fourth-order valence-electron chi connectivity index (χ4n) is 1.57. The largest absolute Gasteiger partial charge is 0.327 e. The predicted molar refractivity (Wildman–Crippen MR) is 62.2 cm³/mol. The molecule has 80 valence electrons. The minimum absolute atomic E-state index is 0.265. The van der Waals surface area contributed by atoms with Gasteiger partial charge in [0.1, 0.15) is 6.07 Å². The lowest BCUT2D eigenvalue weighted by molar-refractivity contribution is 0.894. The van der Waals surface area contributed by atoms with Gasteiger partial charge in [-0.1, -0.05) is 0 Å². The summed E-state index contributed by atoms with van der Waals surface area (Å²) >= 11 is 3.08. The van der Waals surface area contributed by atoms with Crippen LogP contribution in [0.1, 0.15) is 5.56 Å². The lowest BCUT2D eigenvalue weighted by Crippen LogP contribution is -2.21. The summed E-state index contributed by atoms with van der Waals surface area (Å²) in [6.07, 6.45) is 1.30. The summed E-state index contributed by atoms with van der Waals surface area (Å²) in [6.45, 7) is 0. The molecule has 1 N–H and O–H groups in total. The Kier molecular flexibility index (Phi) is 2.40. The summed E-state index contributed by atoms with van der Waals surface area (Å²) in [5.74, 6) is 0. The highest BCUT2D eigenvalue weighted by molar-refractivity contribution is 9.10. The first-order chi connectivity index (χ1) is 7.56. The minimum Gasteiger partial charge on any atom is -0.327 e. The fraction of sp³-hybridized carbons (Fsp3) is 0.100. The monoisotopic (exact) mass is 279 g/mol. The minimum atomic E-state index is -0.328. The molecule has 0 atom stereocenters. The van der Waals surface area contributed by atoms with E-state index in [4.69, 9.17) is 5.26 Å². The Morgan fingerprint density at radius 1 is 1.50 bits per heavy atom. The lowest BCUT2D eigenvalue weighted by atomic mass is 10.2. The summed E-state index contributed by atoms with van der Waals surface area (Å²) in [6, 6.07) is 3.37. The molecule has 16 heavy (non-hydrogen) atoms. The maximum absolute atomic E-state index is 11.7. The molecule has 0 unspecified atom stereocenters. The van der Waals surface area contributed by atoms with Crippen molar-refractivity contribution in [2.24, 2.45) is 7.05 Å². The van der Waals surface area contributed by atoms with E-state index < -0.39 is 0 Å². The van der Waals surface area contributed by atoms with Crippen LogP contribution in [0.3, 0.4) is 0 Å². The van der Waals surface area contributed by atoms with E-state index in [0.29, 0.717) is 15.4 Å². The van der Waals surface area contributed by atoms with E-state index in [1.165, 1.54) is 23.9 Å². The quantitative estimate of drug-likeness (QED) is 0.777. The van der Waals surface area contributed by atoms with Crippen molar-refractivity contribution in [3.05, 3.63) is 43.0 Å². The molecular formula is C10H6BrN3O2. The van der Waals surface area contributed by atoms with Crippen molar-refractivity contribution >= 4 is 26.8 Å². The molecule has 0 amide bonds. The molecule has 0 aliphatic heterocycles. The Morgan fingerprint density at radius 2 is 2.19 bits per heavy atom. The van der Waals surface area contributed by atoms with E-state index in [1.807, 2.05) is 6.07 Å². The fourth-order valence-corrected chi connectivity index (χ4v) is 2.06. The molecule has 2 aromatic rings. The third kappa shape index (κ3) is 1.37. The lowest BCUT2D eigenvalue weighted by Gasteiger charge is -2.06. The third-order valence-corrected chi connectivity index (χ3v) is 2.91. The summed E-state index contributed by atoms with van der Waals surface area (Å²) in [7, 11) is 1.52. The highest BCUT2D eigenvalue weighted by Gasteiger charge is 2.11. The molecule has 0 saturated carbocycles. The van der Waals surface area contributed by atoms with Crippen LogP contribution in [0.2, 0.25) is 0 Å². The van der Waals surface area contributed by atoms with Gasteiger partial charge in [-0.25, -0.2) is 0 Å². The van der Waals surface area contributed by atoms with Gasteiger partial charge in [-0.3, -0.25) is 9.59 Å². The van der Waals surface area contributed by atoms with Gasteiger partial charge in [0.2, 0.25) is 0 Å². The van der Waals surface area contributed by atoms with Crippen molar-refractivity contribution in [3.63, 3.8) is 0 Å². The number of aryl methyl sites for hydroxylation is 1. The van der Waals surface area contributed by atoms with Crippen LogP contribution in [-0.2, 0) is 7.05 Å². The van der Waals surface area contributed by atoms with Crippen LogP contribution in [-0.4, -0.2) is 9.55 Å². The predicted octanol–water partition coefficient (Wildman–Crippen LogP) is 0.861. The Labute approximate surface area is 98.1 Å². The summed E-state index contributed by atoms with van der Waals surface area (Å²) in [5, 5.41) is 9.22. The molecule has 2 rings (SSSR count). The topological polar surface area (TPSA) is 78.7 Å². The van der Waals surface area contributed by atoms with Crippen molar-refractivity contribution < 1.29 is 0 Å². The molecule has 0 saturated heterocycles. The van der Waals surface area contributed by atoms with Crippen molar-refractivity contribution in [1.82, 2.24) is 9.55 Å². The van der Waals surface area contributed by atoms with Crippen molar-refractivity contribution in [1.29, 1.82) is 5.26 Å². The average Bonchev–Trinajstić information content (AvgIpc) is 2.27. The van der Waals surface area contributed by atoms with Crippen LogP contribution < -0.4 is 11.1 Å². The molecule has 0 spiro atoms. The van der Waals surface area contributed by atoms with Gasteiger partial charge in [-0.2, -0.15) is 5.26 Å². The van der Waals surface area contributed by atoms with E-state index in [-0.39, 0.29) is 16.7 Å². The molecule has 0 aliphatic rings. The summed E-state index contributed by atoms with van der Waals surface area (Å²) in [4.78, 5) is 25.7. The normalized spacial score (nSPS) is 10.3. The van der Waals surface area contributed by atoms with Gasteiger partial charge < -0.3 is 9.55 Å². The molecule has 6 heteroatoms. The number of nitrogens with zero attached hydrogens (tertiary/aromatic N) is 2. The number of rotatable bonds is 0. The van der Waals surface area contributed by atoms with E-state index in [9.17, 15) is 9.59 Å². The molecule has 5 nitrogen and oxygen atoms in total. The number of hydrogen-bond acceptors (Lipinski definition) is 3. The van der Waals surface area contributed by atoms with Crippen molar-refractivity contribution in [2.45, 2.75) is 0 Å². The van der Waals surface area contributed by atoms with Gasteiger partial charge >= 0.3 is 0 Å². The van der Waals surface area contributed by atoms with Gasteiger partial charge in [0.25, 0.3) is 11.1 Å². The Morgan fingerprint density at radius 3 is 2.81 bits per heavy atom. The summed E-state index contributed by atoms with van der Waals surface area (Å²) in [5.41, 5.74) is 0.000972. The molecular weight excluding hydrogens is 274 g/mol. The van der Waals surface area contributed by atoms with Crippen LogP contribution in [0.4, 0.5) is 0 Å². The molecule has 0 fully saturated rings. The zero-order chi connectivity index (χ0) is 11.9. The maximum atomic E-state index is 11.7. The Balaban J connectivity index is 3.20. The maximum Gasteiger partial charge on any atom is 0.265 e. The summed E-state index contributed by atoms with van der Waals surface area (Å²) < 4.78 is 1.58. The van der Waals surface area contributed by atoms with Crippen molar-refractivity contribution in [2.75, 3.05) is 0 Å². The number of nitrogens with one attached hydrogen (secondary N) is 1. The molecule has 0 radical (unpaired) electrons. The zero-order valence-electron chi connectivity index (χ0n) is 8.24. The molecule has 0 aromatic carbocycles. The van der Waals surface area contributed by atoms with Crippen LogP contribution in [0.5, 0.6) is 0 Å². The number of aromatic amines is 1. The van der Waals surface area contributed by atoms with Gasteiger partial charge in [0.15, 0.2) is 0 Å². The van der Waals surface area contributed by atoms with E-state index in [2.05, 4.69) is 20.9 Å². The zero-order valence-corrected chi connectivity index (χ0v) is 9.83. The van der Waals surface area contributed by atoms with Gasteiger partial charge in [-0.15, -0.1) is 0 Å². The standard InChI is InChI=1S/C10H6BrN3O2/c1-14-8-5(3-12)4-13-9(15)6(8)2-7(11)10(14)16/h2,4H,1H3,(H,13,15). The van der Waals surface area contributed by atoms with Crippen LogP contribution in [0.15, 0.2) is 26.3 Å². The second-order valence-corrected chi connectivity index (χ2v) is 4.12. The molecule has 0 aliphatic carbocycles. The first-order valence-corrected chi connectivity index (χ1v) is 5.16. The number of aromatic nitrogens is 2. The van der Waals surface area contributed by atoms with E-state index in [1.54, 1.807) is 0 Å². The number of H-pyrrole nitrogens is 1. The Bertz CT molecular complexity index is 737. The van der Waals surface area contributed by atoms with Crippen LogP contribution >= 0.6 is 15.9 Å². The highest BCUT2D eigenvalue weighted by Crippen LogP contribution is 2.15. The molecule has 2 aromatic heterocycles.